The number of nitrogens with two attached hydrogens (primary N) is 2. The first-order valence-corrected chi connectivity index (χ1v) is 8.86. The van der Waals surface area contributed by atoms with Gasteiger partial charge < -0.3 is 31.7 Å². The van der Waals surface area contributed by atoms with Crippen molar-refractivity contribution in [1.82, 2.24) is 15.1 Å². The lowest BCUT2D eigenvalue weighted by Gasteiger charge is -2.30. The molecule has 2 aliphatic heterocycles. The average Bonchev–Trinajstić information content (AvgIpc) is 3.26. The summed E-state index contributed by atoms with van der Waals surface area (Å²) in [6.07, 6.45) is 1.73. The van der Waals surface area contributed by atoms with Gasteiger partial charge in [0.15, 0.2) is 0 Å². The van der Waals surface area contributed by atoms with Gasteiger partial charge in [-0.05, 0) is 25.7 Å². The normalized spacial score (nSPS) is 23.1. The van der Waals surface area contributed by atoms with Gasteiger partial charge in [0.25, 0.3) is 0 Å². The van der Waals surface area contributed by atoms with Gasteiger partial charge in [-0.1, -0.05) is 0 Å². The first-order chi connectivity index (χ1) is 12.7. The molecule has 0 spiro atoms. The molecule has 0 bridgehead atoms. The number of primary amides is 1. The molecule has 0 aromatic heterocycles. The zero-order valence-corrected chi connectivity index (χ0v) is 14.9. The summed E-state index contributed by atoms with van der Waals surface area (Å²) in [5.41, 5.74) is 10.5. The average molecular weight is 383 g/mol. The lowest BCUT2D eigenvalue weighted by Crippen LogP contribution is -2.53. The number of likely N-dealkylation sites (tertiary alicyclic amines) is 2. The van der Waals surface area contributed by atoms with Crippen LogP contribution in [0.3, 0.4) is 0 Å². The third kappa shape index (κ3) is 4.94. The molecule has 150 valence electrons. The Balaban J connectivity index is 1.94. The molecule has 3 atom stereocenters. The molecule has 11 heteroatoms. The molecule has 0 radical (unpaired) electrons. The number of hydrogen-bond donors (Lipinski definition) is 4. The van der Waals surface area contributed by atoms with Crippen molar-refractivity contribution in [1.29, 1.82) is 0 Å². The minimum absolute atomic E-state index is 0.337. The summed E-state index contributed by atoms with van der Waals surface area (Å²) in [5, 5.41) is 11.6. The van der Waals surface area contributed by atoms with Gasteiger partial charge in [-0.15, -0.1) is 0 Å². The van der Waals surface area contributed by atoms with E-state index in [1.165, 1.54) is 9.80 Å². The first-order valence-electron chi connectivity index (χ1n) is 8.86. The van der Waals surface area contributed by atoms with E-state index < -0.39 is 41.8 Å². The van der Waals surface area contributed by atoms with Crippen LogP contribution in [-0.4, -0.2) is 82.3 Å². The number of nitrogens with zero attached hydrogens (tertiary/aromatic N) is 2. The molecular weight excluding hydrogens is 358 g/mol. The van der Waals surface area contributed by atoms with Crippen molar-refractivity contribution < 1.29 is 29.1 Å². The van der Waals surface area contributed by atoms with Gasteiger partial charge in [0.1, 0.15) is 12.1 Å². The second kappa shape index (κ2) is 8.80. The molecule has 2 heterocycles. The fraction of sp³-hybridized carbons (Fsp3) is 0.688. The van der Waals surface area contributed by atoms with Crippen molar-refractivity contribution in [3.8, 4) is 0 Å². The summed E-state index contributed by atoms with van der Waals surface area (Å²) < 4.78 is 0. The predicted molar refractivity (Wildman–Crippen MR) is 91.9 cm³/mol. The Morgan fingerprint density at radius 1 is 1.04 bits per heavy atom. The van der Waals surface area contributed by atoms with Crippen LogP contribution in [0, 0.1) is 0 Å². The van der Waals surface area contributed by atoms with Crippen LogP contribution < -0.4 is 16.8 Å². The Kier molecular flexibility index (Phi) is 6.72. The van der Waals surface area contributed by atoms with Crippen LogP contribution in [0.4, 0.5) is 0 Å². The molecule has 4 amide bonds. The van der Waals surface area contributed by atoms with Gasteiger partial charge in [0, 0.05) is 13.1 Å². The zero-order valence-electron chi connectivity index (χ0n) is 14.9. The Bertz CT molecular complexity index is 639. The fourth-order valence-corrected chi connectivity index (χ4v) is 3.51. The monoisotopic (exact) mass is 383 g/mol. The summed E-state index contributed by atoms with van der Waals surface area (Å²) in [6, 6.07) is -2.73. The molecular formula is C16H25N5O6. The Morgan fingerprint density at radius 3 is 2.22 bits per heavy atom. The Hall–Kier alpha value is -2.69. The van der Waals surface area contributed by atoms with Crippen LogP contribution in [0.2, 0.25) is 0 Å². The van der Waals surface area contributed by atoms with E-state index in [-0.39, 0.29) is 18.9 Å². The predicted octanol–water partition coefficient (Wildman–Crippen LogP) is -2.63. The largest absolute Gasteiger partial charge is 0.480 e. The zero-order chi connectivity index (χ0) is 20.1. The van der Waals surface area contributed by atoms with Crippen LogP contribution in [0.15, 0.2) is 0 Å². The van der Waals surface area contributed by atoms with Crippen molar-refractivity contribution in [2.24, 2.45) is 11.5 Å². The molecule has 11 nitrogen and oxygen atoms in total. The van der Waals surface area contributed by atoms with Crippen molar-refractivity contribution in [3.63, 3.8) is 0 Å². The number of aliphatic carboxylic acids is 1. The van der Waals surface area contributed by atoms with Crippen LogP contribution in [0.5, 0.6) is 0 Å². The molecule has 2 rings (SSSR count). The van der Waals surface area contributed by atoms with E-state index in [1.807, 2.05) is 0 Å². The standard InChI is InChI=1S/C16H25N5O6/c17-9(7-12(18)22)14(24)19-8-13(23)20-5-1-3-10(20)15(25)21-6-2-4-11(21)16(26)27/h9-11H,1-8,17H2,(H2,18,22)(H,19,24)(H,26,27). The number of carboxylic acid groups (broad SMARTS) is 1. The van der Waals surface area contributed by atoms with E-state index in [0.717, 1.165) is 0 Å². The smallest absolute Gasteiger partial charge is 0.326 e. The maximum Gasteiger partial charge on any atom is 0.326 e. The van der Waals surface area contributed by atoms with E-state index in [1.54, 1.807) is 0 Å². The molecule has 0 aromatic rings. The van der Waals surface area contributed by atoms with Gasteiger partial charge in [-0.2, -0.15) is 0 Å². The van der Waals surface area contributed by atoms with Crippen LogP contribution in [0.1, 0.15) is 32.1 Å². The second-order valence-corrected chi connectivity index (χ2v) is 6.77. The van der Waals surface area contributed by atoms with Crippen molar-refractivity contribution >= 4 is 29.6 Å². The quantitative estimate of drug-likeness (QED) is 0.371. The molecule has 2 fully saturated rings. The minimum atomic E-state index is -1.15. The van der Waals surface area contributed by atoms with Crippen LogP contribution in [-0.2, 0) is 24.0 Å². The topological polar surface area (TPSA) is 176 Å². The van der Waals surface area contributed by atoms with Gasteiger partial charge in [0.2, 0.25) is 23.6 Å². The van der Waals surface area contributed by atoms with Crippen molar-refractivity contribution in [3.05, 3.63) is 0 Å². The second-order valence-electron chi connectivity index (χ2n) is 6.77. The molecule has 0 saturated carbocycles. The minimum Gasteiger partial charge on any atom is -0.480 e. The Labute approximate surface area is 156 Å². The summed E-state index contributed by atoms with van der Waals surface area (Å²) >= 11 is 0. The number of carboxylic acids is 1. The molecule has 6 N–H and O–H groups in total. The highest BCUT2D eigenvalue weighted by Gasteiger charge is 2.42. The maximum absolute atomic E-state index is 12.8. The lowest BCUT2D eigenvalue weighted by molar-refractivity contribution is -0.151. The van der Waals surface area contributed by atoms with Gasteiger partial charge in [0.05, 0.1) is 19.0 Å². The molecule has 0 aliphatic carbocycles. The molecule has 2 aliphatic rings. The fourth-order valence-electron chi connectivity index (χ4n) is 3.51. The summed E-state index contributed by atoms with van der Waals surface area (Å²) in [4.78, 5) is 61.7. The SMILES string of the molecule is NC(=O)CC(N)C(=O)NCC(=O)N1CCCC1C(=O)N1CCCC1C(=O)O. The van der Waals surface area contributed by atoms with Crippen molar-refractivity contribution in [2.45, 2.75) is 50.2 Å². The number of rotatable bonds is 7. The number of carbonyl (C=O) groups excluding carboxylic acids is 4. The first kappa shape index (κ1) is 20.6. The van der Waals surface area contributed by atoms with Crippen molar-refractivity contribution in [2.75, 3.05) is 19.6 Å². The maximum atomic E-state index is 12.8. The van der Waals surface area contributed by atoms with Crippen LogP contribution >= 0.6 is 0 Å². The summed E-state index contributed by atoms with van der Waals surface area (Å²) in [7, 11) is 0. The number of carbonyl (C=O) groups is 5. The van der Waals surface area contributed by atoms with E-state index in [4.69, 9.17) is 11.5 Å². The molecule has 3 unspecified atom stereocenters. The van der Waals surface area contributed by atoms with E-state index in [9.17, 15) is 29.1 Å². The third-order valence-electron chi connectivity index (χ3n) is 4.85. The molecule has 0 aromatic carbocycles. The third-order valence-corrected chi connectivity index (χ3v) is 4.85. The highest BCUT2D eigenvalue weighted by Crippen LogP contribution is 2.24. The highest BCUT2D eigenvalue weighted by molar-refractivity contribution is 5.94. The van der Waals surface area contributed by atoms with Crippen LogP contribution in [0.25, 0.3) is 0 Å². The molecule has 27 heavy (non-hydrogen) atoms. The van der Waals surface area contributed by atoms with Gasteiger partial charge in [-0.3, -0.25) is 19.2 Å². The van der Waals surface area contributed by atoms with Gasteiger partial charge in [-0.25, -0.2) is 4.79 Å². The summed E-state index contributed by atoms with van der Waals surface area (Å²) in [5.74, 6) is -3.30. The van der Waals surface area contributed by atoms with E-state index in [2.05, 4.69) is 5.32 Å². The summed E-state index contributed by atoms with van der Waals surface area (Å²) in [6.45, 7) is 0.342. The van der Waals surface area contributed by atoms with Gasteiger partial charge >= 0.3 is 5.97 Å². The Morgan fingerprint density at radius 2 is 1.63 bits per heavy atom. The highest BCUT2D eigenvalue weighted by atomic mass is 16.4. The number of hydrogen-bond acceptors (Lipinski definition) is 6. The van der Waals surface area contributed by atoms with E-state index >= 15 is 0 Å². The lowest BCUT2D eigenvalue weighted by atomic mass is 10.1. The number of amides is 4. The molecule has 2 saturated heterocycles. The number of nitrogens with one attached hydrogen (secondary N) is 1. The van der Waals surface area contributed by atoms with E-state index in [0.29, 0.717) is 38.8 Å².